The standard InChI is InChI=1S/C37H46N4O5/c1-25(2)34(41-20-12-19-38-37(41)45)36(44)39-30(21-28-15-7-5-8-16-28)23-32(42)31(22-29-17-9-6-10-18-29)40-33(43)24-46-35-26(3)13-11-14-27(35)4/h5-10,13,15-18,25,30-32,34,42H,12,19-24H2,1-4H3,(H,38,45)(H,39,44)(H,40,43). The molecule has 1 saturated heterocycles. The third-order valence-corrected chi connectivity index (χ3v) is 8.25. The first-order valence-electron chi connectivity index (χ1n) is 16.0. The molecule has 0 aromatic heterocycles. The number of nitrogens with one attached hydrogen (secondary N) is 3. The van der Waals surface area contributed by atoms with Crippen molar-refractivity contribution in [1.29, 1.82) is 0 Å². The highest BCUT2D eigenvalue weighted by Crippen LogP contribution is 2.21. The van der Waals surface area contributed by atoms with E-state index in [9.17, 15) is 19.5 Å². The quantitative estimate of drug-likeness (QED) is 0.204. The normalized spacial score (nSPS) is 15.6. The van der Waals surface area contributed by atoms with Crippen LogP contribution in [0.25, 0.3) is 0 Å². The first kappa shape index (κ1) is 34.3. The summed E-state index contributed by atoms with van der Waals surface area (Å²) in [6, 6.07) is 25.0. The number of rotatable bonds is 15. The minimum absolute atomic E-state index is 0.122. The fourth-order valence-electron chi connectivity index (χ4n) is 5.98. The number of hydrogen-bond acceptors (Lipinski definition) is 5. The topological polar surface area (TPSA) is 120 Å². The van der Waals surface area contributed by atoms with E-state index < -0.39 is 24.2 Å². The molecule has 0 saturated carbocycles. The molecular formula is C37H46N4O5. The molecule has 4 atom stereocenters. The van der Waals surface area contributed by atoms with Crippen molar-refractivity contribution in [2.75, 3.05) is 19.7 Å². The van der Waals surface area contributed by atoms with E-state index in [1.165, 1.54) is 0 Å². The Kier molecular flexibility index (Phi) is 12.4. The number of amides is 4. The van der Waals surface area contributed by atoms with E-state index in [2.05, 4.69) is 28.1 Å². The van der Waals surface area contributed by atoms with Gasteiger partial charge in [0.1, 0.15) is 11.8 Å². The van der Waals surface area contributed by atoms with Crippen molar-refractivity contribution in [3.05, 3.63) is 101 Å². The first-order valence-corrected chi connectivity index (χ1v) is 16.0. The van der Waals surface area contributed by atoms with E-state index in [-0.39, 0.29) is 36.8 Å². The number of aryl methyl sites for hydroxylation is 1. The lowest BCUT2D eigenvalue weighted by molar-refractivity contribution is -0.128. The summed E-state index contributed by atoms with van der Waals surface area (Å²) in [6.07, 6.45) is 0.790. The van der Waals surface area contributed by atoms with Crippen molar-refractivity contribution in [3.63, 3.8) is 0 Å². The van der Waals surface area contributed by atoms with Crippen LogP contribution < -0.4 is 20.7 Å². The molecule has 1 aliphatic rings. The van der Waals surface area contributed by atoms with Gasteiger partial charge in [-0.2, -0.15) is 0 Å². The van der Waals surface area contributed by atoms with Gasteiger partial charge in [0.15, 0.2) is 6.61 Å². The fraction of sp³-hybridized carbons (Fsp3) is 0.432. The van der Waals surface area contributed by atoms with Crippen LogP contribution >= 0.6 is 0 Å². The second kappa shape index (κ2) is 16.7. The Morgan fingerprint density at radius 2 is 1.65 bits per heavy atom. The molecule has 4 amide bonds. The van der Waals surface area contributed by atoms with Gasteiger partial charge in [0.25, 0.3) is 5.91 Å². The highest BCUT2D eigenvalue weighted by Gasteiger charge is 2.35. The van der Waals surface area contributed by atoms with Gasteiger partial charge in [0.2, 0.25) is 5.91 Å². The minimum Gasteiger partial charge on any atom is -0.483 e. The van der Waals surface area contributed by atoms with Crippen LogP contribution in [0.15, 0.2) is 66.7 Å². The number of aliphatic hydroxyl groups is 1. The van der Waals surface area contributed by atoms with Gasteiger partial charge in [-0.25, -0.2) is 4.79 Å². The number of carbonyl (C=O) groups excluding carboxylic acids is 3. The average Bonchev–Trinajstić information content (AvgIpc) is 3.02. The lowest BCUT2D eigenvalue weighted by atomic mass is 9.92. The van der Waals surface area contributed by atoms with E-state index in [4.69, 9.17) is 4.74 Å². The monoisotopic (exact) mass is 626 g/mol. The number of hydrogen-bond donors (Lipinski definition) is 4. The number of ether oxygens (including phenoxy) is 1. The Balaban J connectivity index is 1.52. The van der Waals surface area contributed by atoms with Crippen molar-refractivity contribution in [2.45, 2.75) is 77.6 Å². The van der Waals surface area contributed by atoms with Crippen LogP contribution in [-0.2, 0) is 22.4 Å². The number of urea groups is 1. The van der Waals surface area contributed by atoms with Crippen molar-refractivity contribution < 1.29 is 24.2 Å². The Morgan fingerprint density at radius 3 is 2.26 bits per heavy atom. The van der Waals surface area contributed by atoms with E-state index in [0.29, 0.717) is 31.7 Å². The summed E-state index contributed by atoms with van der Waals surface area (Å²) in [6.45, 7) is 8.45. The predicted molar refractivity (Wildman–Crippen MR) is 177 cm³/mol. The summed E-state index contributed by atoms with van der Waals surface area (Å²) in [7, 11) is 0. The summed E-state index contributed by atoms with van der Waals surface area (Å²) in [5.41, 5.74) is 3.56. The number of carbonyl (C=O) groups is 3. The molecule has 0 aliphatic carbocycles. The highest BCUT2D eigenvalue weighted by atomic mass is 16.5. The molecule has 1 aliphatic heterocycles. The van der Waals surface area contributed by atoms with Gasteiger partial charge in [-0.3, -0.25) is 9.59 Å². The molecule has 4 N–H and O–H groups in total. The average molecular weight is 627 g/mol. The summed E-state index contributed by atoms with van der Waals surface area (Å²) in [4.78, 5) is 41.3. The van der Waals surface area contributed by atoms with Crippen molar-refractivity contribution in [2.24, 2.45) is 5.92 Å². The van der Waals surface area contributed by atoms with Gasteiger partial charge < -0.3 is 30.7 Å². The third-order valence-electron chi connectivity index (χ3n) is 8.25. The number of nitrogens with zero attached hydrogens (tertiary/aromatic N) is 1. The molecule has 46 heavy (non-hydrogen) atoms. The van der Waals surface area contributed by atoms with Crippen LogP contribution in [0.2, 0.25) is 0 Å². The van der Waals surface area contributed by atoms with Crippen molar-refractivity contribution in [1.82, 2.24) is 20.9 Å². The second-order valence-electron chi connectivity index (χ2n) is 12.4. The van der Waals surface area contributed by atoms with Crippen LogP contribution in [0.5, 0.6) is 5.75 Å². The third kappa shape index (κ3) is 9.72. The summed E-state index contributed by atoms with van der Waals surface area (Å²) in [5.74, 6) is -0.170. The van der Waals surface area contributed by atoms with Crippen LogP contribution in [0.4, 0.5) is 4.79 Å². The lowest BCUT2D eigenvalue weighted by Crippen LogP contribution is -2.59. The van der Waals surface area contributed by atoms with E-state index in [1.807, 2.05) is 88.4 Å². The summed E-state index contributed by atoms with van der Waals surface area (Å²) < 4.78 is 5.85. The summed E-state index contributed by atoms with van der Waals surface area (Å²) in [5, 5.41) is 20.7. The van der Waals surface area contributed by atoms with E-state index in [1.54, 1.807) is 11.0 Å². The molecule has 3 aromatic rings. The maximum Gasteiger partial charge on any atom is 0.318 e. The molecule has 0 spiro atoms. The molecule has 244 valence electrons. The molecule has 0 radical (unpaired) electrons. The van der Waals surface area contributed by atoms with E-state index >= 15 is 0 Å². The highest BCUT2D eigenvalue weighted by molar-refractivity contribution is 5.87. The van der Waals surface area contributed by atoms with Gasteiger partial charge in [-0.05, 0) is 62.6 Å². The predicted octanol–water partition coefficient (Wildman–Crippen LogP) is 3.93. The fourth-order valence-corrected chi connectivity index (χ4v) is 5.98. The lowest BCUT2D eigenvalue weighted by Gasteiger charge is -2.37. The van der Waals surface area contributed by atoms with Gasteiger partial charge in [-0.15, -0.1) is 0 Å². The first-order chi connectivity index (χ1) is 22.1. The molecule has 3 aromatic carbocycles. The Hall–Kier alpha value is -4.55. The van der Waals surface area contributed by atoms with Gasteiger partial charge in [-0.1, -0.05) is 86.6 Å². The smallest absolute Gasteiger partial charge is 0.318 e. The number of benzene rings is 2. The molecule has 9 heteroatoms. The number of aliphatic hydroxyl groups excluding tert-OH is 1. The Morgan fingerprint density at radius 1 is 1.00 bits per heavy atom. The molecule has 4 rings (SSSR count). The van der Waals surface area contributed by atoms with E-state index in [0.717, 1.165) is 28.7 Å². The van der Waals surface area contributed by atoms with Crippen LogP contribution in [-0.4, -0.2) is 71.8 Å². The van der Waals surface area contributed by atoms with Crippen LogP contribution in [0.3, 0.4) is 0 Å². The Labute approximate surface area is 272 Å². The van der Waals surface area contributed by atoms with Gasteiger partial charge in [0.05, 0.1) is 12.1 Å². The molecule has 1 heterocycles. The molecular weight excluding hydrogens is 580 g/mol. The van der Waals surface area contributed by atoms with Gasteiger partial charge >= 0.3 is 6.03 Å². The largest absolute Gasteiger partial charge is 0.483 e. The zero-order chi connectivity index (χ0) is 33.1. The zero-order valence-corrected chi connectivity index (χ0v) is 27.2. The molecule has 9 nitrogen and oxygen atoms in total. The summed E-state index contributed by atoms with van der Waals surface area (Å²) >= 11 is 0. The van der Waals surface area contributed by atoms with Crippen molar-refractivity contribution >= 4 is 17.8 Å². The molecule has 0 bridgehead atoms. The maximum absolute atomic E-state index is 13.8. The van der Waals surface area contributed by atoms with Gasteiger partial charge in [0, 0.05) is 30.3 Å². The van der Waals surface area contributed by atoms with Crippen molar-refractivity contribution in [3.8, 4) is 5.75 Å². The maximum atomic E-state index is 13.8. The molecule has 1 fully saturated rings. The SMILES string of the molecule is Cc1c#ccc(C)c1OCC(=O)NC(Cc1ccccc1)C(O)CC(Cc1ccccc1)NC(=O)C(C(C)C)N1CCCNC1=O. The van der Waals surface area contributed by atoms with Crippen LogP contribution in [0.1, 0.15) is 48.9 Å². The Bertz CT molecular complexity index is 1410. The van der Waals surface area contributed by atoms with Crippen LogP contribution in [0, 0.1) is 31.9 Å². The molecule has 4 unspecified atom stereocenters. The minimum atomic E-state index is -1.00. The second-order valence-corrected chi connectivity index (χ2v) is 12.4. The zero-order valence-electron chi connectivity index (χ0n) is 27.2.